The number of esters is 1. The number of likely N-dealkylation sites (tertiary alicyclic amines) is 1. The van der Waals surface area contributed by atoms with E-state index in [1.165, 1.54) is 35.4 Å². The molecule has 4 aromatic heterocycles. The number of halogens is 3. The highest BCUT2D eigenvalue weighted by atomic mass is 19.1. The number of aromatic nitrogens is 8. The number of carbonyl (C=O) groups excluding carboxylic acids is 4. The van der Waals surface area contributed by atoms with Crippen LogP contribution in [0.15, 0.2) is 73.0 Å². The van der Waals surface area contributed by atoms with Gasteiger partial charge >= 0.3 is 5.97 Å². The number of Topliss-reactive ketones (excluding diaryl/α,β-unsaturated/α-hetero) is 1. The smallest absolute Gasteiger partial charge is 0.313 e. The second kappa shape index (κ2) is 37.8. The fraction of sp³-hybridized carbons (Fsp3) is 0.500. The number of amides is 2. The molecule has 0 spiro atoms. The molecule has 0 bridgehead atoms. The normalized spacial score (nSPS) is 12.8. The Balaban J connectivity index is 0.668. The fourth-order valence-electron chi connectivity index (χ4n) is 9.18. The van der Waals surface area contributed by atoms with Gasteiger partial charge in [-0.3, -0.25) is 24.1 Å². The molecule has 90 heavy (non-hydrogen) atoms. The summed E-state index contributed by atoms with van der Waals surface area (Å²) in [4.78, 5) is 67.6. The SMILES string of the molecule is COc1cnc(-n2cnc(C(=O)NCCCN(CCOCCOCCOCCOCc3cn(CCOCCOCCOCCOCCC(=O)Oc4c(F)cc(F)cc4F)nn3)CC(C)O)n2)c2[nH]cc(C(=O)C(=O)N3CCC(=C(C#N)c4ccccc4)CC3)c12. The molecule has 1 aliphatic heterocycles. The highest BCUT2D eigenvalue weighted by molar-refractivity contribution is 6.45. The van der Waals surface area contributed by atoms with Crippen molar-refractivity contribution in [3.05, 3.63) is 113 Å². The maximum Gasteiger partial charge on any atom is 0.313 e. The summed E-state index contributed by atoms with van der Waals surface area (Å²) in [6.07, 6.45) is 6.57. The summed E-state index contributed by atoms with van der Waals surface area (Å²) in [6, 6.07) is 12.5. The van der Waals surface area contributed by atoms with Gasteiger partial charge in [-0.25, -0.2) is 27.8 Å². The molecule has 7 rings (SSSR count). The number of pyridine rings is 1. The molecule has 3 N–H and O–H groups in total. The molecule has 486 valence electrons. The zero-order valence-electron chi connectivity index (χ0n) is 50.3. The maximum atomic E-state index is 13.8. The van der Waals surface area contributed by atoms with Gasteiger partial charge in [0.25, 0.3) is 17.6 Å². The number of fused-ring (bicyclic) bond motifs is 1. The van der Waals surface area contributed by atoms with Gasteiger partial charge in [0.2, 0.25) is 11.6 Å². The number of hydrogen-bond acceptors (Lipinski definition) is 22. The van der Waals surface area contributed by atoms with Crippen LogP contribution in [0.3, 0.4) is 0 Å². The number of aromatic amines is 1. The van der Waals surface area contributed by atoms with Crippen molar-refractivity contribution < 1.29 is 84.8 Å². The summed E-state index contributed by atoms with van der Waals surface area (Å²) in [7, 11) is 1.43. The first-order valence-corrected chi connectivity index (χ1v) is 29.3. The van der Waals surface area contributed by atoms with Crippen molar-refractivity contribution in [2.75, 3.05) is 145 Å². The Labute approximate surface area is 517 Å². The number of rotatable bonds is 42. The molecular formula is C60H75F3N12O15. The Kier molecular flexibility index (Phi) is 29.1. The number of ketones is 1. The van der Waals surface area contributed by atoms with Gasteiger partial charge in [0.1, 0.15) is 23.6 Å². The van der Waals surface area contributed by atoms with Crippen LogP contribution in [0.1, 0.15) is 64.8 Å². The molecule has 1 aliphatic rings. The van der Waals surface area contributed by atoms with Crippen LogP contribution in [0.25, 0.3) is 22.3 Å². The molecule has 0 radical (unpaired) electrons. The lowest BCUT2D eigenvalue weighted by molar-refractivity contribution is -0.136. The van der Waals surface area contributed by atoms with Crippen LogP contribution in [0, 0.1) is 28.8 Å². The van der Waals surface area contributed by atoms with Crippen LogP contribution in [0.5, 0.6) is 11.5 Å². The van der Waals surface area contributed by atoms with Crippen LogP contribution in [-0.4, -0.2) is 230 Å². The van der Waals surface area contributed by atoms with Gasteiger partial charge in [-0.1, -0.05) is 35.5 Å². The molecule has 1 unspecified atom stereocenters. The third-order valence-electron chi connectivity index (χ3n) is 13.6. The Morgan fingerprint density at radius 1 is 0.811 bits per heavy atom. The predicted molar refractivity (Wildman–Crippen MR) is 314 cm³/mol. The third kappa shape index (κ3) is 22.1. The summed E-state index contributed by atoms with van der Waals surface area (Å²) in [5.74, 6) is -7.22. The van der Waals surface area contributed by atoms with Gasteiger partial charge in [-0.2, -0.15) is 9.94 Å². The first-order valence-electron chi connectivity index (χ1n) is 29.3. The highest BCUT2D eigenvalue weighted by Gasteiger charge is 2.31. The average Bonchev–Trinajstić information content (AvgIpc) is 1.62. The summed E-state index contributed by atoms with van der Waals surface area (Å²) in [5.41, 5.74) is 3.43. The topological polar surface area (TPSA) is 313 Å². The zero-order valence-corrected chi connectivity index (χ0v) is 50.3. The van der Waals surface area contributed by atoms with E-state index >= 15 is 0 Å². The minimum Gasteiger partial charge on any atom is -0.494 e. The van der Waals surface area contributed by atoms with E-state index in [-0.39, 0.29) is 68.9 Å². The van der Waals surface area contributed by atoms with Crippen LogP contribution < -0.4 is 14.8 Å². The van der Waals surface area contributed by atoms with Gasteiger partial charge in [0, 0.05) is 57.6 Å². The number of benzene rings is 2. The number of carbonyl (C=O) groups is 4. The summed E-state index contributed by atoms with van der Waals surface area (Å²) in [6.45, 7) is 9.57. The number of nitriles is 1. The average molecular weight is 1260 g/mol. The van der Waals surface area contributed by atoms with Gasteiger partial charge in [0.05, 0.1) is 172 Å². The fourth-order valence-corrected chi connectivity index (χ4v) is 9.18. The zero-order chi connectivity index (χ0) is 63.9. The number of H-pyrrole nitrogens is 1. The standard InChI is InChI=1S/C60H75F3N12O15/c1-42(76)38-72(13-6-12-65-59(79)57-68-41-75(70-57)58-54-53(51(81-2)37-67-58)48(36-66-54)55(78)60(80)73-14-9-44(10-15-73)47(35-64)43-7-4-3-5-8-43)16-19-83-22-25-86-29-30-88-31-32-89-40-46-39-74(71-69-46)17-20-84-23-26-87-28-27-85-24-21-82-18-11-52(77)90-56-49(62)33-45(61)34-50(56)63/h3-5,7-8,33-34,36-37,39,41-42,66,76H,6,9-32,38,40H2,1-2H3,(H,65,79). The molecule has 2 amide bonds. The van der Waals surface area contributed by atoms with Crippen LogP contribution in [0.2, 0.25) is 0 Å². The van der Waals surface area contributed by atoms with Gasteiger partial charge in [-0.15, -0.1) is 10.2 Å². The van der Waals surface area contributed by atoms with Crippen molar-refractivity contribution in [1.29, 1.82) is 5.26 Å². The molecule has 1 atom stereocenters. The summed E-state index contributed by atoms with van der Waals surface area (Å²) >= 11 is 0. The maximum absolute atomic E-state index is 13.8. The third-order valence-corrected chi connectivity index (χ3v) is 13.6. The second-order valence-corrected chi connectivity index (χ2v) is 20.2. The van der Waals surface area contributed by atoms with Gasteiger partial charge in [-0.05, 0) is 37.3 Å². The molecule has 0 aliphatic carbocycles. The number of aliphatic hydroxyl groups is 1. The lowest BCUT2D eigenvalue weighted by Crippen LogP contribution is -2.40. The van der Waals surface area contributed by atoms with E-state index in [9.17, 15) is 42.7 Å². The van der Waals surface area contributed by atoms with E-state index in [4.69, 9.17) is 42.6 Å². The molecule has 27 nitrogen and oxygen atoms in total. The molecule has 2 aromatic carbocycles. The number of methoxy groups -OCH3 is 1. The van der Waals surface area contributed by atoms with E-state index in [1.54, 1.807) is 17.8 Å². The van der Waals surface area contributed by atoms with Crippen molar-refractivity contribution in [1.82, 2.24) is 54.8 Å². The molecule has 6 aromatic rings. The summed E-state index contributed by atoms with van der Waals surface area (Å²) < 4.78 is 97.7. The second-order valence-electron chi connectivity index (χ2n) is 20.2. The quantitative estimate of drug-likeness (QED) is 0.0121. The van der Waals surface area contributed by atoms with Crippen LogP contribution in [0.4, 0.5) is 13.2 Å². The van der Waals surface area contributed by atoms with Crippen molar-refractivity contribution in [3.63, 3.8) is 0 Å². The first kappa shape index (κ1) is 69.4. The molecular weight excluding hydrogens is 1190 g/mol. The number of nitrogens with one attached hydrogen (secondary N) is 2. The molecule has 0 saturated carbocycles. The molecule has 1 saturated heterocycles. The van der Waals surface area contributed by atoms with Gasteiger partial charge < -0.3 is 67.7 Å². The van der Waals surface area contributed by atoms with Crippen molar-refractivity contribution >= 4 is 40.0 Å². The number of piperidine rings is 1. The minimum absolute atomic E-state index is 0.0609. The van der Waals surface area contributed by atoms with E-state index in [1.807, 2.05) is 35.2 Å². The predicted octanol–water partition coefficient (Wildman–Crippen LogP) is 4.07. The molecule has 5 heterocycles. The lowest BCUT2D eigenvalue weighted by Gasteiger charge is -2.28. The Bertz CT molecular complexity index is 3270. The van der Waals surface area contributed by atoms with E-state index in [2.05, 4.69) is 46.5 Å². The lowest BCUT2D eigenvalue weighted by atomic mass is 9.93. The number of aliphatic hydroxyl groups excluding tert-OH is 1. The molecule has 1 fully saturated rings. The van der Waals surface area contributed by atoms with E-state index in [0.717, 1.165) is 11.1 Å². The highest BCUT2D eigenvalue weighted by Crippen LogP contribution is 2.33. The molecule has 30 heteroatoms. The number of nitrogens with zero attached hydrogens (tertiary/aromatic N) is 10. The Morgan fingerprint density at radius 3 is 2.07 bits per heavy atom. The van der Waals surface area contributed by atoms with Crippen LogP contribution in [-0.2, 0) is 60.6 Å². The van der Waals surface area contributed by atoms with E-state index < -0.39 is 52.9 Å². The van der Waals surface area contributed by atoms with Crippen molar-refractivity contribution in [2.24, 2.45) is 0 Å². The Hall–Kier alpha value is -8.09. The monoisotopic (exact) mass is 1260 g/mol. The van der Waals surface area contributed by atoms with Crippen molar-refractivity contribution in [3.8, 4) is 23.4 Å². The van der Waals surface area contributed by atoms with E-state index in [0.29, 0.717) is 166 Å². The number of allylic oxidation sites excluding steroid dienone is 1. The van der Waals surface area contributed by atoms with Crippen molar-refractivity contribution in [2.45, 2.75) is 51.9 Å². The summed E-state index contributed by atoms with van der Waals surface area (Å²) in [5, 5.41) is 35.7. The number of hydrogen-bond donors (Lipinski definition) is 3. The first-order chi connectivity index (χ1) is 43.8. The van der Waals surface area contributed by atoms with Crippen LogP contribution >= 0.6 is 0 Å². The minimum atomic E-state index is -1.32. The largest absolute Gasteiger partial charge is 0.494 e. The number of ether oxygens (including phenoxy) is 10. The van der Waals surface area contributed by atoms with Gasteiger partial charge in [0.15, 0.2) is 17.5 Å². The Morgan fingerprint density at radius 2 is 1.43 bits per heavy atom.